The van der Waals surface area contributed by atoms with Gasteiger partial charge in [0.05, 0.1) is 13.2 Å². The first kappa shape index (κ1) is 12.3. The van der Waals surface area contributed by atoms with Crippen LogP contribution >= 0.6 is 0 Å². The molecule has 0 radical (unpaired) electrons. The van der Waals surface area contributed by atoms with Crippen LogP contribution in [0.4, 0.5) is 0 Å². The van der Waals surface area contributed by atoms with E-state index in [0.29, 0.717) is 5.76 Å². The van der Waals surface area contributed by atoms with Crippen LogP contribution < -0.4 is 0 Å². The minimum atomic E-state index is -0.654. The van der Waals surface area contributed by atoms with Gasteiger partial charge in [-0.1, -0.05) is 0 Å². The highest BCUT2D eigenvalue weighted by Crippen LogP contribution is 2.17. The SMILES string of the molecule is CCOC(=O)c1cc(C)oc1C(=O)OCC. The highest BCUT2D eigenvalue weighted by atomic mass is 16.5. The summed E-state index contributed by atoms with van der Waals surface area (Å²) in [6, 6.07) is 1.46. The van der Waals surface area contributed by atoms with Gasteiger partial charge in [0.1, 0.15) is 11.3 Å². The summed E-state index contributed by atoms with van der Waals surface area (Å²) in [6.45, 7) is 5.48. The maximum atomic E-state index is 11.5. The predicted octanol–water partition coefficient (Wildman–Crippen LogP) is 1.94. The molecule has 0 saturated carbocycles. The molecule has 1 aromatic heterocycles. The third-order valence-electron chi connectivity index (χ3n) is 1.81. The minimum Gasteiger partial charge on any atom is -0.462 e. The van der Waals surface area contributed by atoms with E-state index < -0.39 is 11.9 Å². The molecule has 5 heteroatoms. The van der Waals surface area contributed by atoms with Gasteiger partial charge in [0.2, 0.25) is 5.76 Å². The van der Waals surface area contributed by atoms with Crippen molar-refractivity contribution in [2.24, 2.45) is 0 Å². The van der Waals surface area contributed by atoms with E-state index >= 15 is 0 Å². The van der Waals surface area contributed by atoms with Gasteiger partial charge in [-0.3, -0.25) is 0 Å². The molecule has 0 saturated heterocycles. The average Bonchev–Trinajstić information content (AvgIpc) is 2.61. The lowest BCUT2D eigenvalue weighted by molar-refractivity contribution is 0.0451. The molecule has 1 aromatic rings. The Morgan fingerprint density at radius 3 is 2.31 bits per heavy atom. The molecule has 0 N–H and O–H groups in total. The van der Waals surface area contributed by atoms with Crippen molar-refractivity contribution in [1.29, 1.82) is 0 Å². The van der Waals surface area contributed by atoms with Crippen LogP contribution in [0.5, 0.6) is 0 Å². The molecule has 5 nitrogen and oxygen atoms in total. The van der Waals surface area contributed by atoms with Gasteiger partial charge in [-0.2, -0.15) is 0 Å². The first-order valence-corrected chi connectivity index (χ1v) is 5.04. The van der Waals surface area contributed by atoms with E-state index in [4.69, 9.17) is 13.9 Å². The number of hydrogen-bond acceptors (Lipinski definition) is 5. The summed E-state index contributed by atoms with van der Waals surface area (Å²) in [6.07, 6.45) is 0. The third kappa shape index (κ3) is 2.62. The third-order valence-corrected chi connectivity index (χ3v) is 1.81. The maximum Gasteiger partial charge on any atom is 0.375 e. The number of aryl methyl sites for hydroxylation is 1. The fourth-order valence-electron chi connectivity index (χ4n) is 1.22. The first-order valence-electron chi connectivity index (χ1n) is 5.04. The Bertz CT molecular complexity index is 356. The molecule has 0 aromatic carbocycles. The van der Waals surface area contributed by atoms with Gasteiger partial charge in [0, 0.05) is 0 Å². The van der Waals surface area contributed by atoms with Crippen molar-refractivity contribution in [3.63, 3.8) is 0 Å². The predicted molar refractivity (Wildman–Crippen MR) is 55.4 cm³/mol. The standard InChI is InChI=1S/C11H14O5/c1-4-14-10(12)8-6-7(3)16-9(8)11(13)15-5-2/h6H,4-5H2,1-3H3. The Morgan fingerprint density at radius 1 is 1.19 bits per heavy atom. The topological polar surface area (TPSA) is 65.7 Å². The molecule has 0 bridgehead atoms. The van der Waals surface area contributed by atoms with Gasteiger partial charge >= 0.3 is 11.9 Å². The van der Waals surface area contributed by atoms with Crippen molar-refractivity contribution in [2.75, 3.05) is 13.2 Å². The zero-order valence-electron chi connectivity index (χ0n) is 9.53. The normalized spacial score (nSPS) is 9.94. The summed E-state index contributed by atoms with van der Waals surface area (Å²) < 4.78 is 14.7. The van der Waals surface area contributed by atoms with E-state index in [1.54, 1.807) is 20.8 Å². The quantitative estimate of drug-likeness (QED) is 0.734. The number of ether oxygens (including phenoxy) is 2. The Hall–Kier alpha value is -1.78. The van der Waals surface area contributed by atoms with E-state index in [1.807, 2.05) is 0 Å². The molecule has 0 fully saturated rings. The summed E-state index contributed by atoms with van der Waals surface area (Å²) in [5.74, 6) is -0.870. The highest BCUT2D eigenvalue weighted by molar-refractivity contribution is 6.01. The number of esters is 2. The monoisotopic (exact) mass is 226 g/mol. The summed E-state index contributed by atoms with van der Waals surface area (Å²) in [7, 11) is 0. The lowest BCUT2D eigenvalue weighted by atomic mass is 10.2. The Morgan fingerprint density at radius 2 is 1.75 bits per heavy atom. The highest BCUT2D eigenvalue weighted by Gasteiger charge is 2.24. The van der Waals surface area contributed by atoms with Crippen LogP contribution in [-0.4, -0.2) is 25.2 Å². The van der Waals surface area contributed by atoms with Crippen molar-refractivity contribution in [3.05, 3.63) is 23.2 Å². The second-order valence-corrected chi connectivity index (χ2v) is 3.04. The number of hydrogen-bond donors (Lipinski definition) is 0. The Labute approximate surface area is 93.3 Å². The van der Waals surface area contributed by atoms with Gasteiger partial charge in [0.25, 0.3) is 0 Å². The van der Waals surface area contributed by atoms with E-state index in [2.05, 4.69) is 0 Å². The van der Waals surface area contributed by atoms with Gasteiger partial charge in [-0.25, -0.2) is 9.59 Å². The molecule has 1 heterocycles. The van der Waals surface area contributed by atoms with Crippen LogP contribution in [0.25, 0.3) is 0 Å². The van der Waals surface area contributed by atoms with Crippen molar-refractivity contribution in [3.8, 4) is 0 Å². The van der Waals surface area contributed by atoms with Crippen molar-refractivity contribution < 1.29 is 23.5 Å². The smallest absolute Gasteiger partial charge is 0.375 e. The molecular weight excluding hydrogens is 212 g/mol. The molecule has 0 aliphatic rings. The molecule has 0 spiro atoms. The number of furan rings is 1. The van der Waals surface area contributed by atoms with E-state index in [1.165, 1.54) is 6.07 Å². The fraction of sp³-hybridized carbons (Fsp3) is 0.455. The van der Waals surface area contributed by atoms with Crippen LogP contribution in [0, 0.1) is 6.92 Å². The van der Waals surface area contributed by atoms with Crippen molar-refractivity contribution in [1.82, 2.24) is 0 Å². The number of carbonyl (C=O) groups excluding carboxylic acids is 2. The minimum absolute atomic E-state index is 0.0993. The second kappa shape index (κ2) is 5.34. The van der Waals surface area contributed by atoms with E-state index in [0.717, 1.165) is 0 Å². The number of rotatable bonds is 4. The van der Waals surface area contributed by atoms with Crippen molar-refractivity contribution in [2.45, 2.75) is 20.8 Å². The van der Waals surface area contributed by atoms with Crippen LogP contribution in [-0.2, 0) is 9.47 Å². The van der Waals surface area contributed by atoms with E-state index in [9.17, 15) is 9.59 Å². The molecule has 1 rings (SSSR count). The lowest BCUT2D eigenvalue weighted by Crippen LogP contribution is -2.11. The largest absolute Gasteiger partial charge is 0.462 e. The Kier molecular flexibility index (Phi) is 4.10. The molecule has 0 unspecified atom stereocenters. The summed E-state index contributed by atoms with van der Waals surface area (Å²) in [5, 5.41) is 0. The van der Waals surface area contributed by atoms with Gasteiger partial charge < -0.3 is 13.9 Å². The van der Waals surface area contributed by atoms with Gasteiger partial charge in [-0.05, 0) is 26.8 Å². The average molecular weight is 226 g/mol. The van der Waals surface area contributed by atoms with Crippen molar-refractivity contribution >= 4 is 11.9 Å². The number of carbonyl (C=O) groups is 2. The zero-order valence-corrected chi connectivity index (χ0v) is 9.53. The lowest BCUT2D eigenvalue weighted by Gasteiger charge is -2.01. The zero-order chi connectivity index (χ0) is 12.1. The Balaban J connectivity index is 2.99. The molecule has 0 aliphatic heterocycles. The first-order chi connectivity index (χ1) is 7.60. The van der Waals surface area contributed by atoms with E-state index in [-0.39, 0.29) is 24.5 Å². The molecular formula is C11H14O5. The second-order valence-electron chi connectivity index (χ2n) is 3.04. The molecule has 0 atom stereocenters. The molecule has 0 amide bonds. The summed E-state index contributed by atoms with van der Waals surface area (Å²) >= 11 is 0. The van der Waals surface area contributed by atoms with Crippen LogP contribution in [0.3, 0.4) is 0 Å². The molecule has 0 aliphatic carbocycles. The van der Waals surface area contributed by atoms with Gasteiger partial charge in [-0.15, -0.1) is 0 Å². The fourth-order valence-corrected chi connectivity index (χ4v) is 1.22. The molecule has 88 valence electrons. The summed E-state index contributed by atoms with van der Waals surface area (Å²) in [4.78, 5) is 23.0. The van der Waals surface area contributed by atoms with Crippen LogP contribution in [0.2, 0.25) is 0 Å². The maximum absolute atomic E-state index is 11.5. The van der Waals surface area contributed by atoms with Crippen LogP contribution in [0.15, 0.2) is 10.5 Å². The van der Waals surface area contributed by atoms with Gasteiger partial charge in [0.15, 0.2) is 0 Å². The molecule has 16 heavy (non-hydrogen) atoms. The van der Waals surface area contributed by atoms with Crippen LogP contribution in [0.1, 0.15) is 40.5 Å². The summed E-state index contributed by atoms with van der Waals surface area (Å²) in [5.41, 5.74) is 0.109.